The number of benzene rings is 1. The molecule has 0 N–H and O–H groups in total. The lowest BCUT2D eigenvalue weighted by Gasteiger charge is -2.14. The smallest absolute Gasteiger partial charge is 0.545 e. The summed E-state index contributed by atoms with van der Waals surface area (Å²) >= 11 is 0. The molecule has 0 saturated heterocycles. The number of carboxylic acid groups (broad SMARTS) is 1. The average Bonchev–Trinajstić information content (AvgIpc) is 2.34. The van der Waals surface area contributed by atoms with Gasteiger partial charge in [-0.25, -0.2) is 0 Å². The van der Waals surface area contributed by atoms with E-state index in [0.717, 1.165) is 12.1 Å². The van der Waals surface area contributed by atoms with Gasteiger partial charge in [-0.15, -0.1) is 13.2 Å². The third-order valence-corrected chi connectivity index (χ3v) is 2.36. The summed E-state index contributed by atoms with van der Waals surface area (Å²) in [5, 5.41) is 10.8. The third-order valence-electron chi connectivity index (χ3n) is 2.36. The minimum Gasteiger partial charge on any atom is -0.545 e. The van der Waals surface area contributed by atoms with Gasteiger partial charge in [0, 0.05) is 18.1 Å². The van der Waals surface area contributed by atoms with Gasteiger partial charge >= 0.3 is 12.3 Å². The Morgan fingerprint density at radius 3 is 2.48 bits per heavy atom. The molecule has 0 fully saturated rings. The quantitative estimate of drug-likeness (QED) is 0.594. The summed E-state index contributed by atoms with van der Waals surface area (Å²) in [6, 6.07) is 2.29. The summed E-state index contributed by atoms with van der Waals surface area (Å²) in [4.78, 5) is 22.3. The van der Waals surface area contributed by atoms with Crippen LogP contribution in [-0.4, -0.2) is 18.3 Å². The van der Waals surface area contributed by atoms with E-state index in [9.17, 15) is 27.9 Å². The highest BCUT2D eigenvalue weighted by molar-refractivity contribution is 5.90. The Morgan fingerprint density at radius 2 is 1.95 bits per heavy atom. The molecule has 0 heterocycles. The second kappa shape index (κ2) is 6.96. The summed E-state index contributed by atoms with van der Waals surface area (Å²) in [6.07, 6.45) is -3.70. The first-order chi connectivity index (χ1) is 9.73. The standard InChI is InChI=1S/C13H13F3O5/c1-2-3-4-11(17)20-10-7-8(21-13(14,15)16)5-6-9(10)12(18)19/h5-7H,2-4H2,1H3,(H,18,19)/p-1. The van der Waals surface area contributed by atoms with E-state index in [-0.39, 0.29) is 6.42 Å². The van der Waals surface area contributed by atoms with Gasteiger partial charge in [-0.1, -0.05) is 13.3 Å². The molecule has 0 aromatic heterocycles. The first-order valence-electron chi connectivity index (χ1n) is 6.04. The Labute approximate surface area is 118 Å². The van der Waals surface area contributed by atoms with Crippen LogP contribution in [0.4, 0.5) is 13.2 Å². The maximum atomic E-state index is 12.1. The summed E-state index contributed by atoms with van der Waals surface area (Å²) < 4.78 is 44.7. The maximum Gasteiger partial charge on any atom is 0.573 e. The molecule has 21 heavy (non-hydrogen) atoms. The minimum atomic E-state index is -4.94. The van der Waals surface area contributed by atoms with Crippen LogP contribution in [0.3, 0.4) is 0 Å². The second-order valence-electron chi connectivity index (χ2n) is 4.07. The third kappa shape index (κ3) is 5.72. The van der Waals surface area contributed by atoms with Crippen molar-refractivity contribution in [3.63, 3.8) is 0 Å². The zero-order chi connectivity index (χ0) is 16.0. The first-order valence-corrected chi connectivity index (χ1v) is 6.04. The number of rotatable bonds is 6. The Balaban J connectivity index is 2.99. The second-order valence-corrected chi connectivity index (χ2v) is 4.07. The van der Waals surface area contributed by atoms with Gasteiger partial charge in [-0.3, -0.25) is 4.79 Å². The van der Waals surface area contributed by atoms with Gasteiger partial charge in [0.25, 0.3) is 0 Å². The van der Waals surface area contributed by atoms with Crippen LogP contribution >= 0.6 is 0 Å². The maximum absolute atomic E-state index is 12.1. The molecule has 1 aromatic rings. The number of alkyl halides is 3. The fourth-order valence-corrected chi connectivity index (χ4v) is 1.45. The zero-order valence-electron chi connectivity index (χ0n) is 11.0. The van der Waals surface area contributed by atoms with E-state index in [2.05, 4.69) is 4.74 Å². The Hall–Kier alpha value is -2.25. The number of carboxylic acids is 1. The molecule has 5 nitrogen and oxygen atoms in total. The molecule has 0 aliphatic rings. The molecule has 0 aliphatic heterocycles. The highest BCUT2D eigenvalue weighted by atomic mass is 19.4. The van der Waals surface area contributed by atoms with Crippen LogP contribution in [0.1, 0.15) is 36.5 Å². The molecular formula is C13H12F3O5-. The minimum absolute atomic E-state index is 0.0212. The number of carbonyl (C=O) groups is 2. The van der Waals surface area contributed by atoms with Gasteiger partial charge in [0.15, 0.2) is 0 Å². The largest absolute Gasteiger partial charge is 0.573 e. The molecular weight excluding hydrogens is 293 g/mol. The number of carbonyl (C=O) groups excluding carboxylic acids is 2. The van der Waals surface area contributed by atoms with E-state index in [1.165, 1.54) is 0 Å². The SMILES string of the molecule is CCCCC(=O)Oc1cc(OC(F)(F)F)ccc1C(=O)[O-]. The Morgan fingerprint density at radius 1 is 1.29 bits per heavy atom. The van der Waals surface area contributed by atoms with Crippen molar-refractivity contribution < 1.29 is 37.3 Å². The van der Waals surface area contributed by atoms with Crippen LogP contribution in [0.5, 0.6) is 11.5 Å². The fourth-order valence-electron chi connectivity index (χ4n) is 1.45. The van der Waals surface area contributed by atoms with Gasteiger partial charge in [0.05, 0.1) is 5.97 Å². The van der Waals surface area contributed by atoms with Crippen molar-refractivity contribution >= 4 is 11.9 Å². The summed E-state index contributed by atoms with van der Waals surface area (Å²) in [7, 11) is 0. The number of hydrogen-bond acceptors (Lipinski definition) is 5. The van der Waals surface area contributed by atoms with Gasteiger partial charge in [-0.2, -0.15) is 0 Å². The van der Waals surface area contributed by atoms with E-state index in [0.29, 0.717) is 18.9 Å². The van der Waals surface area contributed by atoms with Gasteiger partial charge in [0.1, 0.15) is 11.5 Å². The number of esters is 1. The molecule has 8 heteroatoms. The van der Waals surface area contributed by atoms with E-state index in [1.807, 2.05) is 6.92 Å². The molecule has 116 valence electrons. The zero-order valence-corrected chi connectivity index (χ0v) is 11.0. The number of aromatic carboxylic acids is 1. The number of unbranched alkanes of at least 4 members (excludes halogenated alkanes) is 1. The highest BCUT2D eigenvalue weighted by Gasteiger charge is 2.31. The lowest BCUT2D eigenvalue weighted by atomic mass is 10.2. The molecule has 1 aromatic carbocycles. The number of hydrogen-bond donors (Lipinski definition) is 0. The van der Waals surface area contributed by atoms with Crippen molar-refractivity contribution in [1.29, 1.82) is 0 Å². The molecule has 1 rings (SSSR count). The normalized spacial score (nSPS) is 11.0. The summed E-state index contributed by atoms with van der Waals surface area (Å²) in [5.74, 6) is -3.65. The van der Waals surface area contributed by atoms with Crippen LogP contribution in [-0.2, 0) is 4.79 Å². The van der Waals surface area contributed by atoms with Gasteiger partial charge in [-0.05, 0) is 18.6 Å². The van der Waals surface area contributed by atoms with E-state index < -0.39 is 35.4 Å². The van der Waals surface area contributed by atoms with Gasteiger partial charge in [0.2, 0.25) is 0 Å². The van der Waals surface area contributed by atoms with Crippen molar-refractivity contribution in [2.75, 3.05) is 0 Å². The van der Waals surface area contributed by atoms with Crippen LogP contribution in [0.25, 0.3) is 0 Å². The molecule has 0 amide bonds. The molecule has 0 bridgehead atoms. The molecule has 0 saturated carbocycles. The number of ether oxygens (including phenoxy) is 2. The molecule has 0 atom stereocenters. The van der Waals surface area contributed by atoms with E-state index in [1.54, 1.807) is 0 Å². The predicted octanol–water partition coefficient (Wildman–Crippen LogP) is 2.04. The lowest BCUT2D eigenvalue weighted by molar-refractivity contribution is -0.274. The van der Waals surface area contributed by atoms with Gasteiger partial charge < -0.3 is 19.4 Å². The molecule has 0 spiro atoms. The van der Waals surface area contributed by atoms with Crippen LogP contribution in [0.15, 0.2) is 18.2 Å². The Kier molecular flexibility index (Phi) is 5.57. The van der Waals surface area contributed by atoms with E-state index >= 15 is 0 Å². The van der Waals surface area contributed by atoms with Crippen molar-refractivity contribution in [3.05, 3.63) is 23.8 Å². The number of halogens is 3. The Bertz CT molecular complexity index is 525. The summed E-state index contributed by atoms with van der Waals surface area (Å²) in [6.45, 7) is 1.83. The van der Waals surface area contributed by atoms with Crippen molar-refractivity contribution in [1.82, 2.24) is 0 Å². The van der Waals surface area contributed by atoms with Crippen molar-refractivity contribution in [3.8, 4) is 11.5 Å². The van der Waals surface area contributed by atoms with Crippen LogP contribution in [0.2, 0.25) is 0 Å². The highest BCUT2D eigenvalue weighted by Crippen LogP contribution is 2.29. The molecule has 0 unspecified atom stereocenters. The van der Waals surface area contributed by atoms with Crippen LogP contribution < -0.4 is 14.6 Å². The predicted molar refractivity (Wildman–Crippen MR) is 62.6 cm³/mol. The molecule has 0 aliphatic carbocycles. The monoisotopic (exact) mass is 305 g/mol. The lowest BCUT2D eigenvalue weighted by Crippen LogP contribution is -2.24. The van der Waals surface area contributed by atoms with E-state index in [4.69, 9.17) is 4.74 Å². The summed E-state index contributed by atoms with van der Waals surface area (Å²) in [5.41, 5.74) is -0.533. The molecule has 0 radical (unpaired) electrons. The van der Waals surface area contributed by atoms with Crippen molar-refractivity contribution in [2.45, 2.75) is 32.5 Å². The van der Waals surface area contributed by atoms with Crippen LogP contribution in [0, 0.1) is 0 Å². The topological polar surface area (TPSA) is 75.7 Å². The average molecular weight is 305 g/mol. The van der Waals surface area contributed by atoms with Crippen molar-refractivity contribution in [2.24, 2.45) is 0 Å². The fraction of sp³-hybridized carbons (Fsp3) is 0.385. The first kappa shape index (κ1) is 16.8.